The molecule has 37 heavy (non-hydrogen) atoms. The second-order valence-electron chi connectivity index (χ2n) is 8.94. The number of aromatic nitrogens is 4. The van der Waals surface area contributed by atoms with Crippen LogP contribution in [0.3, 0.4) is 0 Å². The first-order chi connectivity index (χ1) is 17.6. The number of nitrogens with zero attached hydrogens (tertiary/aromatic N) is 4. The van der Waals surface area contributed by atoms with Crippen molar-refractivity contribution >= 4 is 23.5 Å². The van der Waals surface area contributed by atoms with Gasteiger partial charge in [0.25, 0.3) is 0 Å². The maximum absolute atomic E-state index is 12.5. The third-order valence-corrected chi connectivity index (χ3v) is 6.15. The van der Waals surface area contributed by atoms with Gasteiger partial charge in [-0.1, -0.05) is 6.92 Å². The Morgan fingerprint density at radius 1 is 0.973 bits per heavy atom. The summed E-state index contributed by atoms with van der Waals surface area (Å²) < 4.78 is 20.6. The van der Waals surface area contributed by atoms with Gasteiger partial charge in [-0.25, -0.2) is 9.59 Å². The van der Waals surface area contributed by atoms with E-state index in [-0.39, 0.29) is 48.7 Å². The zero-order chi connectivity index (χ0) is 26.7. The van der Waals surface area contributed by atoms with Crippen LogP contribution in [0.15, 0.2) is 34.1 Å². The fourth-order valence-electron chi connectivity index (χ4n) is 4.43. The second kappa shape index (κ2) is 11.3. The molecule has 0 spiro atoms. The molecular formula is C23H30N6O8. The summed E-state index contributed by atoms with van der Waals surface area (Å²) in [5, 5.41) is 15.4. The maximum atomic E-state index is 12.5. The Morgan fingerprint density at radius 3 is 1.97 bits per heavy atom. The molecule has 0 radical (unpaired) electrons. The van der Waals surface area contributed by atoms with E-state index in [9.17, 15) is 24.3 Å². The molecule has 3 N–H and O–H groups in total. The van der Waals surface area contributed by atoms with E-state index in [0.717, 1.165) is 0 Å². The average Bonchev–Trinajstić information content (AvgIpc) is 3.39. The Morgan fingerprint density at radius 2 is 1.49 bits per heavy atom. The minimum atomic E-state index is -0.877. The second-order valence-corrected chi connectivity index (χ2v) is 8.94. The Kier molecular flexibility index (Phi) is 8.12. The zero-order valence-corrected chi connectivity index (χ0v) is 20.7. The summed E-state index contributed by atoms with van der Waals surface area (Å²) in [5.41, 5.74) is -1.18. The molecule has 14 heteroatoms. The number of aliphatic hydroxyl groups is 1. The number of rotatable bonds is 8. The van der Waals surface area contributed by atoms with Crippen LogP contribution in [0.4, 0.5) is 11.6 Å². The molecule has 0 saturated carbocycles. The van der Waals surface area contributed by atoms with Gasteiger partial charge in [0.05, 0.1) is 24.9 Å². The third kappa shape index (κ3) is 6.28. The highest BCUT2D eigenvalue weighted by Crippen LogP contribution is 2.33. The number of nitrogens with one attached hydrogen (secondary N) is 2. The monoisotopic (exact) mass is 518 g/mol. The van der Waals surface area contributed by atoms with Gasteiger partial charge in [0.1, 0.15) is 30.2 Å². The van der Waals surface area contributed by atoms with E-state index in [1.165, 1.54) is 47.5 Å². The van der Waals surface area contributed by atoms with Crippen molar-refractivity contribution < 1.29 is 28.9 Å². The van der Waals surface area contributed by atoms with Crippen molar-refractivity contribution in [2.45, 2.75) is 76.9 Å². The van der Waals surface area contributed by atoms with Crippen molar-refractivity contribution in [1.82, 2.24) is 19.1 Å². The van der Waals surface area contributed by atoms with Crippen LogP contribution in [0.5, 0.6) is 0 Å². The maximum Gasteiger partial charge on any atom is 0.351 e. The first-order valence-electron chi connectivity index (χ1n) is 12.0. The van der Waals surface area contributed by atoms with Crippen molar-refractivity contribution in [3.05, 3.63) is 45.5 Å². The molecule has 2 aliphatic rings. The van der Waals surface area contributed by atoms with Gasteiger partial charge in [0.2, 0.25) is 11.8 Å². The van der Waals surface area contributed by atoms with Crippen molar-refractivity contribution in [2.75, 3.05) is 17.2 Å². The molecular weight excluding hydrogens is 488 g/mol. The summed E-state index contributed by atoms with van der Waals surface area (Å²) in [5.74, 6) is -0.385. The molecule has 4 heterocycles. The molecule has 200 valence electrons. The number of anilines is 2. The number of carbonyl (C=O) groups excluding carboxylic acids is 2. The van der Waals surface area contributed by atoms with Crippen LogP contribution >= 0.6 is 0 Å². The predicted octanol–water partition coefficient (Wildman–Crippen LogP) is 0.148. The number of hydrogen-bond acceptors (Lipinski definition) is 10. The molecule has 2 aromatic rings. The first-order valence-corrected chi connectivity index (χ1v) is 12.0. The number of aliphatic hydroxyl groups excluding tert-OH is 1. The highest BCUT2D eigenvalue weighted by molar-refractivity contribution is 5.87. The van der Waals surface area contributed by atoms with Gasteiger partial charge in [-0.05, 0) is 18.6 Å². The number of ether oxygens (including phenoxy) is 3. The summed E-state index contributed by atoms with van der Waals surface area (Å²) in [7, 11) is 0. The minimum absolute atomic E-state index is 0.0513. The Bertz CT molecular complexity index is 1260. The van der Waals surface area contributed by atoms with Gasteiger partial charge in [0, 0.05) is 39.1 Å². The number of hydrogen-bond donors (Lipinski definition) is 3. The first kappa shape index (κ1) is 26.6. The molecule has 2 amide bonds. The van der Waals surface area contributed by atoms with Gasteiger partial charge < -0.3 is 30.0 Å². The van der Waals surface area contributed by atoms with Gasteiger partial charge in [0.15, 0.2) is 0 Å². The lowest BCUT2D eigenvalue weighted by molar-refractivity contribution is -0.115. The number of amides is 2. The SMILES string of the molecule is CC[C@H]1O[C@@H](n2ccc(NC(C)=O)nc2=O)C[C@H]1OC[C@H]1O[C@@H](n2ccc(NC(C)=O)nc2=O)C[C@H]1O. The van der Waals surface area contributed by atoms with Crippen LogP contribution in [0.25, 0.3) is 0 Å². The normalized spacial score (nSPS) is 27.2. The van der Waals surface area contributed by atoms with Crippen molar-refractivity contribution in [1.29, 1.82) is 0 Å². The van der Waals surface area contributed by atoms with E-state index in [4.69, 9.17) is 14.2 Å². The molecule has 2 fully saturated rings. The van der Waals surface area contributed by atoms with E-state index in [1.807, 2.05) is 6.92 Å². The van der Waals surface area contributed by atoms with Gasteiger partial charge in [-0.3, -0.25) is 18.7 Å². The summed E-state index contributed by atoms with van der Waals surface area (Å²) in [6, 6.07) is 2.99. The third-order valence-electron chi connectivity index (χ3n) is 6.15. The molecule has 4 rings (SSSR count). The van der Waals surface area contributed by atoms with E-state index >= 15 is 0 Å². The highest BCUT2D eigenvalue weighted by Gasteiger charge is 2.40. The standard InChI is InChI=1S/C23H30N6O8/c1-4-15-16(10-21(36-15)29-8-6-19(25-13(3)31)27-23(29)34)35-11-17-14(32)9-20(37-17)28-7-5-18(24-12(2)30)26-22(28)33/h5-8,14-17,20-21,32H,4,9-11H2,1-3H3,(H,24,26,30,33)(H,25,27,31,34)/t14-,15-,16-,17-,20-,21-/m1/s1. The molecule has 2 aliphatic heterocycles. The van der Waals surface area contributed by atoms with Gasteiger partial charge in [-0.15, -0.1) is 0 Å². The largest absolute Gasteiger partial charge is 0.390 e. The van der Waals surface area contributed by atoms with Crippen LogP contribution in [0.1, 0.15) is 52.5 Å². The topological polar surface area (TPSA) is 176 Å². The molecule has 0 aliphatic carbocycles. The quantitative estimate of drug-likeness (QED) is 0.436. The van der Waals surface area contributed by atoms with Gasteiger partial charge in [-0.2, -0.15) is 9.97 Å². The summed E-state index contributed by atoms with van der Waals surface area (Å²) in [6.45, 7) is 4.63. The Hall–Kier alpha value is -3.46. The van der Waals surface area contributed by atoms with Crippen LogP contribution in [-0.2, 0) is 23.8 Å². The van der Waals surface area contributed by atoms with E-state index in [1.54, 1.807) is 0 Å². The van der Waals surface area contributed by atoms with Crippen molar-refractivity contribution in [2.24, 2.45) is 0 Å². The molecule has 0 unspecified atom stereocenters. The van der Waals surface area contributed by atoms with E-state index in [2.05, 4.69) is 20.6 Å². The highest BCUT2D eigenvalue weighted by atomic mass is 16.6. The average molecular weight is 519 g/mol. The molecule has 14 nitrogen and oxygen atoms in total. The Labute approximate surface area is 211 Å². The lowest BCUT2D eigenvalue weighted by Crippen LogP contribution is -2.32. The van der Waals surface area contributed by atoms with Crippen LogP contribution in [0.2, 0.25) is 0 Å². The molecule has 2 saturated heterocycles. The predicted molar refractivity (Wildman–Crippen MR) is 129 cm³/mol. The lowest BCUT2D eigenvalue weighted by Gasteiger charge is -2.21. The molecule has 0 aromatic carbocycles. The van der Waals surface area contributed by atoms with Gasteiger partial charge >= 0.3 is 11.4 Å². The van der Waals surface area contributed by atoms with Crippen LogP contribution in [0, 0.1) is 0 Å². The van der Waals surface area contributed by atoms with E-state index < -0.39 is 36.0 Å². The van der Waals surface area contributed by atoms with Crippen LogP contribution in [-0.4, -0.2) is 67.0 Å². The molecule has 2 aromatic heterocycles. The summed E-state index contributed by atoms with van der Waals surface area (Å²) in [6.07, 6.45) is 0.561. The number of carbonyl (C=O) groups is 2. The Balaban J connectivity index is 1.37. The summed E-state index contributed by atoms with van der Waals surface area (Å²) >= 11 is 0. The fraction of sp³-hybridized carbons (Fsp3) is 0.565. The zero-order valence-electron chi connectivity index (χ0n) is 20.7. The van der Waals surface area contributed by atoms with Crippen molar-refractivity contribution in [3.8, 4) is 0 Å². The van der Waals surface area contributed by atoms with Crippen LogP contribution < -0.4 is 22.0 Å². The fourth-order valence-corrected chi connectivity index (χ4v) is 4.43. The molecule has 6 atom stereocenters. The van der Waals surface area contributed by atoms with E-state index in [0.29, 0.717) is 12.8 Å². The molecule has 0 bridgehead atoms. The minimum Gasteiger partial charge on any atom is -0.390 e. The lowest BCUT2D eigenvalue weighted by atomic mass is 10.1. The van der Waals surface area contributed by atoms with Crippen molar-refractivity contribution in [3.63, 3.8) is 0 Å². The summed E-state index contributed by atoms with van der Waals surface area (Å²) in [4.78, 5) is 54.9. The smallest absolute Gasteiger partial charge is 0.351 e.